The zero-order valence-electron chi connectivity index (χ0n) is 71.1. The first-order valence-corrected chi connectivity index (χ1v) is 40.0. The van der Waals surface area contributed by atoms with Crippen LogP contribution in [0.4, 0.5) is 0 Å². The summed E-state index contributed by atoms with van der Waals surface area (Å²) in [5.74, 6) is -21.7. The molecule has 2 aromatic carbocycles. The van der Waals surface area contributed by atoms with Crippen molar-refractivity contribution in [2.45, 2.75) is 250 Å². The molecule has 0 aliphatic heterocycles. The standard InChI is InChI=1S/C79H125N21O22/c1-41(2)33-51(64(84)109)93-68(113)49(28-20-22-32-81)90-65(110)44(7)87-76(121)78(9,10)100-77(122)79(11,12)99-60(106)39-86-67(112)55(37-61(107)108)95-75(120)63(43(5)6)97-71(116)53(35-47-25-17-14-18-26-47)94-74(119)62(42(3)4)98-72(117)54(36-58(83)104)89-59(105)38-85-66(111)48(27-19-21-31-80)91-73(118)56(40-101)96-69(114)50(29-30-57(82)103)92-70(115)52(88-45(8)102)34-46-23-15-13-16-24-46/h13-18,23-26,41-44,48-56,62-63,101H,19-22,27-40,80-81H2,1-12H3,(H2,82,103)(H2,83,104)(H2,84,109)(H,85,111)(H,86,112)(H,87,121)(H,88,102)(H,89,105)(H,90,110)(H,91,118)(H,92,115)(H,93,113)(H,94,119)(H,95,120)(H,96,114)(H,97,116)(H,98,117)(H,99,106)(H,100,122)(H,107,108)/t44-,48-,49-,50-,51-,52-,53-,54-,55-,56-,62-,63-/m0/s1. The second-order valence-electron chi connectivity index (χ2n) is 31.6. The molecule has 0 saturated heterocycles. The number of aliphatic hydroxyl groups excluding tert-OH is 1. The van der Waals surface area contributed by atoms with Crippen LogP contribution in [0.2, 0.25) is 0 Å². The third kappa shape index (κ3) is 39.3. The number of carboxylic acid groups (broad SMARTS) is 1. The quantitative estimate of drug-likeness (QED) is 0.0274. The molecule has 43 heteroatoms. The fourth-order valence-corrected chi connectivity index (χ4v) is 11.9. The predicted octanol–water partition coefficient (Wildman–Crippen LogP) is -6.94. The van der Waals surface area contributed by atoms with Crippen LogP contribution >= 0.6 is 0 Å². The first-order chi connectivity index (χ1) is 57.1. The molecule has 122 heavy (non-hydrogen) atoms. The number of amides is 19. The number of nitrogens with two attached hydrogens (primary N) is 5. The van der Waals surface area contributed by atoms with Gasteiger partial charge in [-0.05, 0) is 128 Å². The second kappa shape index (κ2) is 52.7. The van der Waals surface area contributed by atoms with E-state index in [9.17, 15) is 106 Å². The van der Waals surface area contributed by atoms with Crippen LogP contribution in [0.1, 0.15) is 165 Å². The Labute approximate surface area is 707 Å². The molecular weight excluding hydrogens is 1590 g/mol. The lowest BCUT2D eigenvalue weighted by atomic mass is 9.98. The lowest BCUT2D eigenvalue weighted by Crippen LogP contribution is -2.65. The smallest absolute Gasteiger partial charge is 0.305 e. The van der Waals surface area contributed by atoms with Crippen molar-refractivity contribution in [2.24, 2.45) is 46.4 Å². The Morgan fingerprint density at radius 2 is 0.770 bits per heavy atom. The zero-order chi connectivity index (χ0) is 92.5. The molecule has 12 atom stereocenters. The van der Waals surface area contributed by atoms with Crippen LogP contribution in [-0.4, -0.2) is 245 Å². The molecule has 0 aromatic heterocycles. The third-order valence-electron chi connectivity index (χ3n) is 18.7. The number of carbonyl (C=O) groups excluding carboxylic acids is 19. The van der Waals surface area contributed by atoms with Crippen molar-refractivity contribution in [3.8, 4) is 0 Å². The molecule has 0 radical (unpaired) electrons. The van der Waals surface area contributed by atoms with Gasteiger partial charge in [0.2, 0.25) is 112 Å². The van der Waals surface area contributed by atoms with Crippen LogP contribution in [0.15, 0.2) is 60.7 Å². The van der Waals surface area contributed by atoms with Crippen LogP contribution in [0.5, 0.6) is 0 Å². The summed E-state index contributed by atoms with van der Waals surface area (Å²) in [5, 5.41) is 59.0. The molecule has 2 aromatic rings. The van der Waals surface area contributed by atoms with Crippen molar-refractivity contribution in [1.29, 1.82) is 0 Å². The van der Waals surface area contributed by atoms with Gasteiger partial charge in [0, 0.05) is 26.2 Å². The monoisotopic (exact) mass is 1720 g/mol. The Balaban J connectivity index is 2.28. The Morgan fingerprint density at radius 3 is 1.21 bits per heavy atom. The van der Waals surface area contributed by atoms with Gasteiger partial charge in [-0.1, -0.05) is 102 Å². The maximum atomic E-state index is 14.5. The fraction of sp³-hybridized carbons (Fsp3) is 0.595. The van der Waals surface area contributed by atoms with E-state index >= 15 is 0 Å². The second-order valence-corrected chi connectivity index (χ2v) is 31.6. The van der Waals surface area contributed by atoms with Crippen molar-refractivity contribution in [3.05, 3.63) is 71.8 Å². The number of primary amides is 3. The van der Waals surface area contributed by atoms with E-state index in [1.54, 1.807) is 60.7 Å². The highest BCUT2D eigenvalue weighted by Crippen LogP contribution is 2.16. The topological polar surface area (TPSA) is 704 Å². The number of unbranched alkanes of at least 4 members (excludes halogenated alkanes) is 2. The Kier molecular flexibility index (Phi) is 45.7. The Hall–Kier alpha value is -12.3. The van der Waals surface area contributed by atoms with Gasteiger partial charge in [-0.3, -0.25) is 95.9 Å². The summed E-state index contributed by atoms with van der Waals surface area (Å²) in [7, 11) is 0. The van der Waals surface area contributed by atoms with E-state index in [-0.39, 0.29) is 51.0 Å². The van der Waals surface area contributed by atoms with Gasteiger partial charge in [0.05, 0.1) is 32.5 Å². The van der Waals surface area contributed by atoms with Crippen LogP contribution in [0, 0.1) is 17.8 Å². The minimum atomic E-state index is -1.93. The molecule has 0 aliphatic rings. The molecule has 0 saturated carbocycles. The third-order valence-corrected chi connectivity index (χ3v) is 18.7. The van der Waals surface area contributed by atoms with Crippen LogP contribution in [-0.2, 0) is 109 Å². The number of hydrogen-bond donors (Lipinski definition) is 23. The number of nitrogens with one attached hydrogen (secondary N) is 16. The molecule has 0 bridgehead atoms. The van der Waals surface area contributed by atoms with E-state index in [0.717, 1.165) is 0 Å². The number of benzene rings is 2. The van der Waals surface area contributed by atoms with Gasteiger partial charge in [-0.15, -0.1) is 0 Å². The van der Waals surface area contributed by atoms with Gasteiger partial charge in [-0.25, -0.2) is 0 Å². The van der Waals surface area contributed by atoms with Gasteiger partial charge < -0.3 is 124 Å². The number of rotatable bonds is 56. The average molecular weight is 1720 g/mol. The van der Waals surface area contributed by atoms with E-state index in [1.807, 2.05) is 13.8 Å². The van der Waals surface area contributed by atoms with Crippen LogP contribution in [0.3, 0.4) is 0 Å². The van der Waals surface area contributed by atoms with E-state index in [1.165, 1.54) is 69.2 Å². The SMILES string of the molecule is CC(=O)N[C@@H](Cc1ccccc1)C(=O)N[C@@H](CCC(N)=O)C(=O)N[C@@H](CO)C(=O)N[C@@H](CCCCN)C(=O)NCC(=O)N[C@@H](CC(N)=O)C(=O)N[C@H](C(=O)N[C@@H](Cc1ccccc1)C(=O)N[C@H](C(=O)N[C@@H](CC(=O)O)C(=O)NCC(=O)NC(C)(C)C(=O)NC(C)(C)C(=O)N[C@@H](C)C(=O)N[C@@H](CCCCN)C(=O)N[C@@H](CC(C)C)C(N)=O)C(C)C)C(C)C. The molecule has 19 amide bonds. The lowest BCUT2D eigenvalue weighted by Gasteiger charge is -2.32. The molecule has 0 heterocycles. The van der Waals surface area contributed by atoms with Crippen molar-refractivity contribution >= 4 is 118 Å². The number of carboxylic acids is 1. The van der Waals surface area contributed by atoms with Gasteiger partial charge >= 0.3 is 5.97 Å². The van der Waals surface area contributed by atoms with Crippen molar-refractivity contribution in [3.63, 3.8) is 0 Å². The summed E-state index contributed by atoms with van der Waals surface area (Å²) < 4.78 is 0. The number of aliphatic hydroxyl groups is 1. The zero-order valence-corrected chi connectivity index (χ0v) is 71.1. The number of aliphatic carboxylic acids is 1. The summed E-state index contributed by atoms with van der Waals surface area (Å²) in [6.45, 7) is 14.6. The minimum Gasteiger partial charge on any atom is -0.481 e. The van der Waals surface area contributed by atoms with E-state index in [4.69, 9.17) is 28.7 Å². The van der Waals surface area contributed by atoms with E-state index in [0.29, 0.717) is 36.9 Å². The molecule has 0 aliphatic carbocycles. The highest BCUT2D eigenvalue weighted by Gasteiger charge is 2.41. The molecule has 0 unspecified atom stereocenters. The summed E-state index contributed by atoms with van der Waals surface area (Å²) in [5.41, 5.74) is 25.2. The maximum absolute atomic E-state index is 14.5. The summed E-state index contributed by atoms with van der Waals surface area (Å²) in [4.78, 5) is 268. The maximum Gasteiger partial charge on any atom is 0.305 e. The first kappa shape index (κ1) is 106. The minimum absolute atomic E-state index is 0.0165. The fourth-order valence-electron chi connectivity index (χ4n) is 11.9. The highest BCUT2D eigenvalue weighted by molar-refractivity contribution is 6.02. The van der Waals surface area contributed by atoms with Gasteiger partial charge in [0.25, 0.3) is 0 Å². The normalized spacial score (nSPS) is 14.2. The predicted molar refractivity (Wildman–Crippen MR) is 441 cm³/mol. The van der Waals surface area contributed by atoms with Gasteiger partial charge in [-0.2, -0.15) is 0 Å². The molecule has 43 nitrogen and oxygen atoms in total. The van der Waals surface area contributed by atoms with Crippen LogP contribution in [0.25, 0.3) is 0 Å². The Morgan fingerprint density at radius 1 is 0.385 bits per heavy atom. The van der Waals surface area contributed by atoms with Crippen LogP contribution < -0.4 is 114 Å². The van der Waals surface area contributed by atoms with Gasteiger partial charge in [0.15, 0.2) is 0 Å². The molecule has 2 rings (SSSR count). The van der Waals surface area contributed by atoms with Crippen molar-refractivity contribution < 1.29 is 106 Å². The molecular formula is C79H125N21O22. The van der Waals surface area contributed by atoms with Crippen molar-refractivity contribution in [2.75, 3.05) is 32.8 Å². The van der Waals surface area contributed by atoms with E-state index in [2.05, 4.69) is 85.1 Å². The highest BCUT2D eigenvalue weighted by atomic mass is 16.4. The number of carbonyl (C=O) groups is 20. The van der Waals surface area contributed by atoms with Crippen molar-refractivity contribution in [1.82, 2.24) is 85.1 Å². The molecule has 0 fully saturated rings. The summed E-state index contributed by atoms with van der Waals surface area (Å²) >= 11 is 0. The van der Waals surface area contributed by atoms with Gasteiger partial charge in [0.1, 0.15) is 83.6 Å². The summed E-state index contributed by atoms with van der Waals surface area (Å²) in [6.07, 6.45) is -1.43. The number of hydrogen-bond acceptors (Lipinski definition) is 23. The molecule has 0 spiro atoms. The lowest BCUT2D eigenvalue weighted by molar-refractivity contribution is -0.141. The molecule has 28 N–H and O–H groups in total. The average Bonchev–Trinajstić information content (AvgIpc) is 0.836. The first-order valence-electron chi connectivity index (χ1n) is 40.0. The largest absolute Gasteiger partial charge is 0.481 e. The Bertz CT molecular complexity index is 3960. The summed E-state index contributed by atoms with van der Waals surface area (Å²) in [6, 6.07) is -1.47. The molecule has 678 valence electrons. The van der Waals surface area contributed by atoms with E-state index < -0.39 is 259 Å².